The highest BCUT2D eigenvalue weighted by atomic mass is 16.2. The highest BCUT2D eigenvalue weighted by Crippen LogP contribution is 2.08. The van der Waals surface area contributed by atoms with E-state index in [4.69, 9.17) is 0 Å². The number of carbonyl (C=O) groups is 1. The molecule has 3 nitrogen and oxygen atoms in total. The predicted molar refractivity (Wildman–Crippen MR) is 83.5 cm³/mol. The highest BCUT2D eigenvalue weighted by Gasteiger charge is 1.98. The van der Waals surface area contributed by atoms with Crippen LogP contribution in [0.5, 0.6) is 0 Å². The Labute approximate surface area is 119 Å². The standard InChI is InChI=1S/C17H18N2O/c1-13-6-8-16(9-7-13)19-17(20)18-11-10-15-5-3-4-14(2)12-15/h3-12H,1-2H3,(H2,18,19,20)/b11-10+. The summed E-state index contributed by atoms with van der Waals surface area (Å²) in [5, 5.41) is 5.45. The van der Waals surface area contributed by atoms with Crippen LogP contribution in [0.3, 0.4) is 0 Å². The zero-order valence-electron chi connectivity index (χ0n) is 11.7. The van der Waals surface area contributed by atoms with Crippen molar-refractivity contribution in [3.63, 3.8) is 0 Å². The van der Waals surface area contributed by atoms with E-state index in [1.165, 1.54) is 5.56 Å². The van der Waals surface area contributed by atoms with E-state index in [1.807, 2.05) is 62.4 Å². The minimum Gasteiger partial charge on any atom is -0.314 e. The van der Waals surface area contributed by atoms with Crippen molar-refractivity contribution in [2.24, 2.45) is 0 Å². The van der Waals surface area contributed by atoms with Crippen LogP contribution in [0, 0.1) is 13.8 Å². The van der Waals surface area contributed by atoms with Crippen molar-refractivity contribution in [1.82, 2.24) is 5.32 Å². The molecule has 0 radical (unpaired) electrons. The molecule has 0 saturated carbocycles. The second-order valence-corrected chi connectivity index (χ2v) is 4.71. The third-order valence-electron chi connectivity index (χ3n) is 2.84. The summed E-state index contributed by atoms with van der Waals surface area (Å²) in [6.45, 7) is 4.04. The van der Waals surface area contributed by atoms with Gasteiger partial charge < -0.3 is 10.6 Å². The van der Waals surface area contributed by atoms with Crippen LogP contribution in [0.1, 0.15) is 16.7 Å². The first kappa shape index (κ1) is 13.9. The van der Waals surface area contributed by atoms with E-state index in [1.54, 1.807) is 6.20 Å². The monoisotopic (exact) mass is 266 g/mol. The Balaban J connectivity index is 1.87. The Morgan fingerprint density at radius 3 is 2.45 bits per heavy atom. The van der Waals surface area contributed by atoms with E-state index >= 15 is 0 Å². The Morgan fingerprint density at radius 2 is 1.75 bits per heavy atom. The normalized spacial score (nSPS) is 10.5. The second kappa shape index (κ2) is 6.57. The second-order valence-electron chi connectivity index (χ2n) is 4.71. The lowest BCUT2D eigenvalue weighted by Crippen LogP contribution is -2.23. The number of urea groups is 1. The molecule has 0 bridgehead atoms. The lowest BCUT2D eigenvalue weighted by molar-refractivity contribution is 0.255. The van der Waals surface area contributed by atoms with Gasteiger partial charge in [-0.25, -0.2) is 4.79 Å². The lowest BCUT2D eigenvalue weighted by Gasteiger charge is -2.04. The number of aryl methyl sites for hydroxylation is 2. The first-order chi connectivity index (χ1) is 9.63. The van der Waals surface area contributed by atoms with Crippen molar-refractivity contribution in [3.05, 3.63) is 71.4 Å². The van der Waals surface area contributed by atoms with E-state index in [0.717, 1.165) is 16.8 Å². The third-order valence-corrected chi connectivity index (χ3v) is 2.84. The minimum atomic E-state index is -0.252. The highest BCUT2D eigenvalue weighted by molar-refractivity contribution is 5.90. The molecule has 0 fully saturated rings. The Kier molecular flexibility index (Phi) is 4.56. The van der Waals surface area contributed by atoms with Crippen LogP contribution in [-0.4, -0.2) is 6.03 Å². The number of anilines is 1. The third kappa shape index (κ3) is 4.28. The lowest BCUT2D eigenvalue weighted by atomic mass is 10.1. The van der Waals surface area contributed by atoms with Gasteiger partial charge in [0.25, 0.3) is 0 Å². The molecule has 0 atom stereocenters. The van der Waals surface area contributed by atoms with Crippen molar-refractivity contribution in [2.75, 3.05) is 5.32 Å². The summed E-state index contributed by atoms with van der Waals surface area (Å²) in [7, 11) is 0. The van der Waals surface area contributed by atoms with Gasteiger partial charge in [-0.1, -0.05) is 47.5 Å². The Morgan fingerprint density at radius 1 is 1.00 bits per heavy atom. The zero-order chi connectivity index (χ0) is 14.4. The van der Waals surface area contributed by atoms with Crippen LogP contribution in [0.25, 0.3) is 6.08 Å². The van der Waals surface area contributed by atoms with Crippen LogP contribution in [-0.2, 0) is 0 Å². The summed E-state index contributed by atoms with van der Waals surface area (Å²) >= 11 is 0. The van der Waals surface area contributed by atoms with Crippen molar-refractivity contribution in [3.8, 4) is 0 Å². The molecule has 0 aliphatic rings. The molecule has 2 aromatic carbocycles. The van der Waals surface area contributed by atoms with Crippen molar-refractivity contribution in [2.45, 2.75) is 13.8 Å². The number of nitrogens with one attached hydrogen (secondary N) is 2. The van der Waals surface area contributed by atoms with Gasteiger partial charge >= 0.3 is 6.03 Å². The molecule has 3 heteroatoms. The molecule has 0 unspecified atom stereocenters. The fourth-order valence-electron chi connectivity index (χ4n) is 1.79. The fraction of sp³-hybridized carbons (Fsp3) is 0.118. The van der Waals surface area contributed by atoms with Crippen molar-refractivity contribution >= 4 is 17.8 Å². The molecule has 2 amide bonds. The summed E-state index contributed by atoms with van der Waals surface area (Å²) in [5.74, 6) is 0. The maximum Gasteiger partial charge on any atom is 0.323 e. The van der Waals surface area contributed by atoms with E-state index in [2.05, 4.69) is 16.7 Å². The van der Waals surface area contributed by atoms with Gasteiger partial charge in [0.1, 0.15) is 0 Å². The molecule has 20 heavy (non-hydrogen) atoms. The summed E-state index contributed by atoms with van der Waals surface area (Å²) in [6.07, 6.45) is 3.50. The van der Waals surface area contributed by atoms with Gasteiger partial charge in [-0.05, 0) is 37.6 Å². The SMILES string of the molecule is Cc1ccc(NC(=O)N/C=C/c2cccc(C)c2)cc1. The van der Waals surface area contributed by atoms with Gasteiger partial charge in [0.2, 0.25) is 0 Å². The molecule has 0 aromatic heterocycles. The molecule has 0 saturated heterocycles. The molecular formula is C17H18N2O. The van der Waals surface area contributed by atoms with E-state index < -0.39 is 0 Å². The molecule has 0 heterocycles. The first-order valence-corrected chi connectivity index (χ1v) is 6.51. The Hall–Kier alpha value is -2.55. The summed E-state index contributed by atoms with van der Waals surface area (Å²) < 4.78 is 0. The quantitative estimate of drug-likeness (QED) is 0.863. The predicted octanol–water partition coefficient (Wildman–Crippen LogP) is 4.10. The summed E-state index contributed by atoms with van der Waals surface area (Å²) in [4.78, 5) is 11.7. The van der Waals surface area contributed by atoms with Gasteiger partial charge in [0.05, 0.1) is 0 Å². The molecule has 102 valence electrons. The number of hydrogen-bond acceptors (Lipinski definition) is 1. The molecule has 0 spiro atoms. The van der Waals surface area contributed by atoms with Crippen LogP contribution in [0.4, 0.5) is 10.5 Å². The van der Waals surface area contributed by atoms with E-state index in [0.29, 0.717) is 0 Å². The van der Waals surface area contributed by atoms with Gasteiger partial charge in [-0.2, -0.15) is 0 Å². The van der Waals surface area contributed by atoms with Gasteiger partial charge in [0.15, 0.2) is 0 Å². The van der Waals surface area contributed by atoms with Crippen molar-refractivity contribution in [1.29, 1.82) is 0 Å². The van der Waals surface area contributed by atoms with Crippen LogP contribution >= 0.6 is 0 Å². The maximum atomic E-state index is 11.7. The number of benzene rings is 2. The zero-order valence-corrected chi connectivity index (χ0v) is 11.7. The van der Waals surface area contributed by atoms with Gasteiger partial charge in [-0.15, -0.1) is 0 Å². The number of hydrogen-bond donors (Lipinski definition) is 2. The van der Waals surface area contributed by atoms with Crippen LogP contribution in [0.15, 0.2) is 54.7 Å². The molecular weight excluding hydrogens is 248 g/mol. The van der Waals surface area contributed by atoms with Gasteiger partial charge in [-0.3, -0.25) is 0 Å². The maximum absolute atomic E-state index is 11.7. The fourth-order valence-corrected chi connectivity index (χ4v) is 1.79. The Bertz CT molecular complexity index is 615. The average molecular weight is 266 g/mol. The number of rotatable bonds is 3. The molecule has 0 aliphatic heterocycles. The minimum absolute atomic E-state index is 0.252. The molecule has 2 N–H and O–H groups in total. The molecule has 2 rings (SSSR count). The first-order valence-electron chi connectivity index (χ1n) is 6.51. The summed E-state index contributed by atoms with van der Waals surface area (Å²) in [6, 6.07) is 15.5. The smallest absolute Gasteiger partial charge is 0.314 e. The van der Waals surface area contributed by atoms with Crippen LogP contribution < -0.4 is 10.6 Å². The van der Waals surface area contributed by atoms with E-state index in [9.17, 15) is 4.79 Å². The van der Waals surface area contributed by atoms with Gasteiger partial charge in [0, 0.05) is 11.9 Å². The number of carbonyl (C=O) groups excluding carboxylic acids is 1. The number of amides is 2. The van der Waals surface area contributed by atoms with Crippen LogP contribution in [0.2, 0.25) is 0 Å². The molecule has 2 aromatic rings. The van der Waals surface area contributed by atoms with Crippen molar-refractivity contribution < 1.29 is 4.79 Å². The topological polar surface area (TPSA) is 41.1 Å². The largest absolute Gasteiger partial charge is 0.323 e. The van der Waals surface area contributed by atoms with E-state index in [-0.39, 0.29) is 6.03 Å². The molecule has 0 aliphatic carbocycles. The average Bonchev–Trinajstić information content (AvgIpc) is 2.41. The summed E-state index contributed by atoms with van der Waals surface area (Å²) in [5.41, 5.74) is 4.18.